The van der Waals surface area contributed by atoms with Crippen molar-refractivity contribution in [2.45, 2.75) is 13.0 Å². The van der Waals surface area contributed by atoms with Gasteiger partial charge < -0.3 is 5.32 Å². The Hall–Kier alpha value is -2.41. The molecule has 0 radical (unpaired) electrons. The van der Waals surface area contributed by atoms with Gasteiger partial charge in [-0.1, -0.05) is 0 Å². The van der Waals surface area contributed by atoms with Gasteiger partial charge in [0.2, 0.25) is 5.82 Å². The van der Waals surface area contributed by atoms with E-state index in [-0.39, 0.29) is 12.1 Å². The van der Waals surface area contributed by atoms with Crippen LogP contribution in [-0.2, 0) is 13.0 Å². The lowest BCUT2D eigenvalue weighted by Gasteiger charge is -2.06. The second-order valence-corrected chi connectivity index (χ2v) is 4.43. The highest BCUT2D eigenvalue weighted by atomic mass is 19.1. The number of halogens is 2. The number of hydrogen-bond acceptors (Lipinski definition) is 4. The Morgan fingerprint density at radius 1 is 1.19 bits per heavy atom. The van der Waals surface area contributed by atoms with Gasteiger partial charge in [-0.15, -0.1) is 0 Å². The Balaban J connectivity index is 1.94. The van der Waals surface area contributed by atoms with Crippen LogP contribution in [0.25, 0.3) is 0 Å². The Morgan fingerprint density at radius 3 is 2.57 bits per heavy atom. The molecule has 0 saturated carbocycles. The van der Waals surface area contributed by atoms with Crippen LogP contribution in [0.5, 0.6) is 0 Å². The molecule has 0 saturated heterocycles. The van der Waals surface area contributed by atoms with Gasteiger partial charge in [-0.05, 0) is 30.7 Å². The summed E-state index contributed by atoms with van der Waals surface area (Å²) in [6.07, 6.45) is 4.07. The monoisotopic (exact) mass is 293 g/mol. The molecule has 1 N–H and O–H groups in total. The van der Waals surface area contributed by atoms with Gasteiger partial charge in [0.25, 0.3) is 0 Å². The van der Waals surface area contributed by atoms with Gasteiger partial charge in [0.15, 0.2) is 0 Å². The molecule has 0 spiro atoms. The van der Waals surface area contributed by atoms with Gasteiger partial charge in [-0.3, -0.25) is 15.1 Å². The van der Waals surface area contributed by atoms with E-state index in [4.69, 9.17) is 0 Å². The van der Waals surface area contributed by atoms with E-state index >= 15 is 0 Å². The van der Waals surface area contributed by atoms with Crippen LogP contribution >= 0.6 is 0 Å². The maximum atomic E-state index is 13.5. The number of benzene rings is 1. The van der Waals surface area contributed by atoms with Crippen LogP contribution in [-0.4, -0.2) is 16.5 Å². The van der Waals surface area contributed by atoms with Crippen LogP contribution in [0.15, 0.2) is 36.7 Å². The molecule has 1 heterocycles. The van der Waals surface area contributed by atoms with E-state index in [2.05, 4.69) is 10.3 Å². The van der Waals surface area contributed by atoms with E-state index in [9.17, 15) is 18.9 Å². The molecule has 1 aromatic heterocycles. The molecule has 0 fully saturated rings. The Bertz CT molecular complexity index is 636. The number of nitrogens with one attached hydrogen (secondary N) is 1. The Kier molecular flexibility index (Phi) is 4.89. The first-order valence-electron chi connectivity index (χ1n) is 6.30. The largest absolute Gasteiger partial charge is 0.312 e. The molecule has 5 nitrogen and oxygen atoms in total. The molecule has 7 heteroatoms. The average molecular weight is 293 g/mol. The second kappa shape index (κ2) is 6.85. The van der Waals surface area contributed by atoms with Gasteiger partial charge >= 0.3 is 5.69 Å². The van der Waals surface area contributed by atoms with Crippen molar-refractivity contribution >= 4 is 5.69 Å². The summed E-state index contributed by atoms with van der Waals surface area (Å²) in [5.74, 6) is -1.97. The standard InChI is InChI=1S/C14H13F2N3O2/c15-12-8-13(16)14(19(20)21)7-11(12)9-18-6-3-10-1-4-17-5-2-10/h1-2,4-5,7-8,18H,3,6,9H2. The van der Waals surface area contributed by atoms with Gasteiger partial charge in [0.1, 0.15) is 5.82 Å². The molecule has 0 aliphatic carbocycles. The zero-order valence-corrected chi connectivity index (χ0v) is 11.1. The summed E-state index contributed by atoms with van der Waals surface area (Å²) in [7, 11) is 0. The summed E-state index contributed by atoms with van der Waals surface area (Å²) >= 11 is 0. The molecule has 0 amide bonds. The van der Waals surface area contributed by atoms with Gasteiger partial charge in [0, 0.05) is 36.6 Å². The van der Waals surface area contributed by atoms with Crippen molar-refractivity contribution in [1.29, 1.82) is 0 Å². The van der Waals surface area contributed by atoms with E-state index in [0.717, 1.165) is 11.6 Å². The van der Waals surface area contributed by atoms with Crippen molar-refractivity contribution in [2.75, 3.05) is 6.54 Å². The summed E-state index contributed by atoms with van der Waals surface area (Å²) in [5.41, 5.74) is 0.420. The van der Waals surface area contributed by atoms with Crippen molar-refractivity contribution in [3.63, 3.8) is 0 Å². The van der Waals surface area contributed by atoms with Crippen molar-refractivity contribution in [2.24, 2.45) is 0 Å². The zero-order chi connectivity index (χ0) is 15.2. The van der Waals surface area contributed by atoms with Crippen LogP contribution in [0, 0.1) is 21.7 Å². The van der Waals surface area contributed by atoms with E-state index in [0.29, 0.717) is 19.0 Å². The average Bonchev–Trinajstić information content (AvgIpc) is 2.46. The van der Waals surface area contributed by atoms with Crippen LogP contribution in [0.4, 0.5) is 14.5 Å². The Morgan fingerprint density at radius 2 is 1.90 bits per heavy atom. The number of pyridine rings is 1. The molecular weight excluding hydrogens is 280 g/mol. The summed E-state index contributed by atoms with van der Waals surface area (Å²) in [6.45, 7) is 0.659. The Labute approximate surface area is 119 Å². The van der Waals surface area contributed by atoms with Crippen molar-refractivity contribution in [1.82, 2.24) is 10.3 Å². The first-order valence-corrected chi connectivity index (χ1v) is 6.30. The quantitative estimate of drug-likeness (QED) is 0.505. The minimum absolute atomic E-state index is 0.0674. The van der Waals surface area contributed by atoms with E-state index in [1.165, 1.54) is 0 Å². The highest BCUT2D eigenvalue weighted by Crippen LogP contribution is 2.21. The predicted molar refractivity (Wildman–Crippen MR) is 72.7 cm³/mol. The smallest absolute Gasteiger partial charge is 0.305 e. The van der Waals surface area contributed by atoms with Crippen LogP contribution in [0.3, 0.4) is 0 Å². The first kappa shape index (κ1) is 15.0. The molecular formula is C14H13F2N3O2. The second-order valence-electron chi connectivity index (χ2n) is 4.43. The molecule has 0 aliphatic rings. The lowest BCUT2D eigenvalue weighted by atomic mass is 10.1. The molecule has 0 aliphatic heterocycles. The minimum atomic E-state index is -1.17. The molecule has 2 aromatic rings. The zero-order valence-electron chi connectivity index (χ0n) is 11.1. The van der Waals surface area contributed by atoms with E-state index in [1.54, 1.807) is 12.4 Å². The minimum Gasteiger partial charge on any atom is -0.312 e. The third kappa shape index (κ3) is 4.03. The van der Waals surface area contributed by atoms with E-state index in [1.807, 2.05) is 12.1 Å². The summed E-state index contributed by atoms with van der Waals surface area (Å²) in [4.78, 5) is 13.6. The summed E-state index contributed by atoms with van der Waals surface area (Å²) in [6, 6.07) is 5.19. The fourth-order valence-corrected chi connectivity index (χ4v) is 1.86. The first-order chi connectivity index (χ1) is 10.1. The molecule has 0 atom stereocenters. The normalized spacial score (nSPS) is 10.6. The number of nitro benzene ring substituents is 1. The van der Waals surface area contributed by atoms with Crippen LogP contribution in [0.1, 0.15) is 11.1 Å². The molecule has 0 bridgehead atoms. The SMILES string of the molecule is O=[N+]([O-])c1cc(CNCCc2ccncc2)c(F)cc1F. The molecule has 1 aromatic carbocycles. The van der Waals surface area contributed by atoms with Gasteiger partial charge in [-0.2, -0.15) is 4.39 Å². The highest BCUT2D eigenvalue weighted by Gasteiger charge is 2.18. The van der Waals surface area contributed by atoms with Crippen molar-refractivity contribution in [3.8, 4) is 0 Å². The number of nitro groups is 1. The predicted octanol–water partition coefficient (Wildman–Crippen LogP) is 2.60. The lowest BCUT2D eigenvalue weighted by molar-refractivity contribution is -0.387. The molecule has 0 unspecified atom stereocenters. The molecule has 21 heavy (non-hydrogen) atoms. The third-order valence-corrected chi connectivity index (χ3v) is 2.97. The van der Waals surface area contributed by atoms with Gasteiger partial charge in [0.05, 0.1) is 4.92 Å². The highest BCUT2D eigenvalue weighted by molar-refractivity contribution is 5.37. The number of nitrogens with zero attached hydrogens (tertiary/aromatic N) is 2. The third-order valence-electron chi connectivity index (χ3n) is 2.97. The molecule has 2 rings (SSSR count). The number of hydrogen-bond donors (Lipinski definition) is 1. The van der Waals surface area contributed by atoms with Crippen molar-refractivity contribution in [3.05, 3.63) is 69.5 Å². The molecule has 110 valence electrons. The van der Waals surface area contributed by atoms with Gasteiger partial charge in [-0.25, -0.2) is 4.39 Å². The fraction of sp³-hybridized carbons (Fsp3) is 0.214. The number of rotatable bonds is 6. The summed E-state index contributed by atoms with van der Waals surface area (Å²) < 4.78 is 26.7. The fourth-order valence-electron chi connectivity index (χ4n) is 1.86. The van der Waals surface area contributed by atoms with E-state index < -0.39 is 22.2 Å². The number of aromatic nitrogens is 1. The maximum absolute atomic E-state index is 13.5. The topological polar surface area (TPSA) is 68.1 Å². The van der Waals surface area contributed by atoms with Crippen LogP contribution < -0.4 is 5.32 Å². The maximum Gasteiger partial charge on any atom is 0.305 e. The lowest BCUT2D eigenvalue weighted by Crippen LogP contribution is -2.17. The van der Waals surface area contributed by atoms with Crippen molar-refractivity contribution < 1.29 is 13.7 Å². The summed E-state index contributed by atoms with van der Waals surface area (Å²) in [5, 5.41) is 13.6. The van der Waals surface area contributed by atoms with Crippen LogP contribution in [0.2, 0.25) is 0 Å².